The standard InChI is InChI=1S/C24H18ClNO5/c1-29-21-8-6-14(11-23(21)30-2)22-13-19(18-12-16(25)7-9-20(18)31-22)26-17-5-3-4-15(10-17)24(27)28/h3-13H,1-2H3,(H,27,28)/p-1. The molecule has 0 bridgehead atoms. The molecule has 0 aliphatic heterocycles. The number of methoxy groups -OCH3 is 2. The summed E-state index contributed by atoms with van der Waals surface area (Å²) < 4.78 is 16.8. The first-order valence-electron chi connectivity index (χ1n) is 9.30. The fraction of sp³-hybridized carbons (Fsp3) is 0.0833. The number of hydrogen-bond acceptors (Lipinski definition) is 6. The molecule has 4 rings (SSSR count). The molecule has 0 saturated carbocycles. The Kier molecular flexibility index (Phi) is 5.64. The number of carboxylic acids is 1. The van der Waals surface area contributed by atoms with Crippen LogP contribution in [0, 0.1) is 0 Å². The zero-order valence-corrected chi connectivity index (χ0v) is 17.5. The molecule has 156 valence electrons. The lowest BCUT2D eigenvalue weighted by molar-refractivity contribution is -0.255. The quantitative estimate of drug-likeness (QED) is 0.465. The molecule has 0 amide bonds. The van der Waals surface area contributed by atoms with Gasteiger partial charge in [-0.1, -0.05) is 23.7 Å². The van der Waals surface area contributed by atoms with Crippen LogP contribution in [0.2, 0.25) is 5.02 Å². The molecule has 0 aliphatic rings. The summed E-state index contributed by atoms with van der Waals surface area (Å²) in [6, 6.07) is 18.7. The third-order valence-electron chi connectivity index (χ3n) is 4.70. The highest BCUT2D eigenvalue weighted by Crippen LogP contribution is 2.33. The molecule has 0 unspecified atom stereocenters. The Morgan fingerprint density at radius 3 is 2.52 bits per heavy atom. The Hall–Kier alpha value is -3.77. The predicted molar refractivity (Wildman–Crippen MR) is 116 cm³/mol. The van der Waals surface area contributed by atoms with Crippen LogP contribution in [0.15, 0.2) is 76.1 Å². The maximum atomic E-state index is 11.2. The topological polar surface area (TPSA) is 84.1 Å². The van der Waals surface area contributed by atoms with Gasteiger partial charge in [0.1, 0.15) is 11.3 Å². The summed E-state index contributed by atoms with van der Waals surface area (Å²) in [5.41, 5.74) is 1.85. The molecule has 4 aromatic rings. The lowest BCUT2D eigenvalue weighted by Gasteiger charge is -2.10. The first-order valence-corrected chi connectivity index (χ1v) is 9.68. The number of benzene rings is 3. The van der Waals surface area contributed by atoms with Crippen molar-refractivity contribution in [3.8, 4) is 22.8 Å². The van der Waals surface area contributed by atoms with Crippen molar-refractivity contribution in [3.63, 3.8) is 0 Å². The van der Waals surface area contributed by atoms with Crippen LogP contribution in [0.3, 0.4) is 0 Å². The number of halogens is 1. The van der Waals surface area contributed by atoms with Crippen molar-refractivity contribution < 1.29 is 23.8 Å². The van der Waals surface area contributed by atoms with Gasteiger partial charge in [-0.2, -0.15) is 0 Å². The summed E-state index contributed by atoms with van der Waals surface area (Å²) in [6.07, 6.45) is 0. The highest BCUT2D eigenvalue weighted by Gasteiger charge is 2.11. The number of carbonyl (C=O) groups is 1. The average Bonchev–Trinajstić information content (AvgIpc) is 2.79. The Bertz CT molecular complexity index is 1360. The van der Waals surface area contributed by atoms with Crippen molar-refractivity contribution in [3.05, 3.63) is 82.7 Å². The summed E-state index contributed by atoms with van der Waals surface area (Å²) in [7, 11) is 3.13. The molecule has 0 spiro atoms. The van der Waals surface area contributed by atoms with Crippen LogP contribution in [-0.2, 0) is 0 Å². The molecule has 0 N–H and O–H groups in total. The van der Waals surface area contributed by atoms with Gasteiger partial charge in [0.2, 0.25) is 0 Å². The number of carboxylic acid groups (broad SMARTS) is 1. The van der Waals surface area contributed by atoms with E-state index in [-0.39, 0.29) is 5.56 Å². The summed E-state index contributed by atoms with van der Waals surface area (Å²) in [4.78, 5) is 15.9. The molecule has 6 nitrogen and oxygen atoms in total. The summed E-state index contributed by atoms with van der Waals surface area (Å²) >= 11 is 6.19. The van der Waals surface area contributed by atoms with Gasteiger partial charge in [0.15, 0.2) is 11.5 Å². The predicted octanol–water partition coefficient (Wildman–Crippen LogP) is 4.37. The summed E-state index contributed by atoms with van der Waals surface area (Å²) in [5.74, 6) is 0.444. The van der Waals surface area contributed by atoms with E-state index in [1.54, 1.807) is 62.8 Å². The van der Waals surface area contributed by atoms with Crippen LogP contribution in [0.5, 0.6) is 11.5 Å². The molecule has 0 radical (unpaired) electrons. The van der Waals surface area contributed by atoms with Crippen molar-refractivity contribution >= 4 is 34.2 Å². The zero-order chi connectivity index (χ0) is 22.0. The molecule has 0 atom stereocenters. The lowest BCUT2D eigenvalue weighted by Crippen LogP contribution is -2.21. The molecule has 31 heavy (non-hydrogen) atoms. The van der Waals surface area contributed by atoms with Crippen LogP contribution in [-0.4, -0.2) is 20.2 Å². The van der Waals surface area contributed by atoms with Gasteiger partial charge in [0.25, 0.3) is 0 Å². The highest BCUT2D eigenvalue weighted by atomic mass is 35.5. The van der Waals surface area contributed by atoms with E-state index >= 15 is 0 Å². The van der Waals surface area contributed by atoms with Crippen LogP contribution >= 0.6 is 11.6 Å². The second-order valence-corrected chi connectivity index (χ2v) is 7.09. The van der Waals surface area contributed by atoms with E-state index in [2.05, 4.69) is 4.99 Å². The van der Waals surface area contributed by atoms with E-state index in [0.29, 0.717) is 44.3 Å². The Balaban J connectivity index is 1.96. The molecule has 7 heteroatoms. The maximum absolute atomic E-state index is 11.2. The van der Waals surface area contributed by atoms with Gasteiger partial charge >= 0.3 is 0 Å². The van der Waals surface area contributed by atoms with Crippen molar-refractivity contribution in [2.75, 3.05) is 14.2 Å². The minimum Gasteiger partial charge on any atom is -0.545 e. The zero-order valence-electron chi connectivity index (χ0n) is 16.7. The number of rotatable bonds is 5. The van der Waals surface area contributed by atoms with Crippen LogP contribution in [0.4, 0.5) is 5.69 Å². The van der Waals surface area contributed by atoms with E-state index < -0.39 is 5.97 Å². The van der Waals surface area contributed by atoms with Gasteiger partial charge in [0.05, 0.1) is 31.2 Å². The van der Waals surface area contributed by atoms with E-state index in [4.69, 9.17) is 25.5 Å². The molecule has 0 saturated heterocycles. The average molecular weight is 435 g/mol. The van der Waals surface area contributed by atoms with E-state index in [0.717, 1.165) is 5.56 Å². The molecular weight excluding hydrogens is 418 g/mol. The third-order valence-corrected chi connectivity index (χ3v) is 4.94. The van der Waals surface area contributed by atoms with Crippen LogP contribution in [0.1, 0.15) is 10.4 Å². The van der Waals surface area contributed by atoms with Crippen molar-refractivity contribution in [1.82, 2.24) is 0 Å². The SMILES string of the molecule is COc1ccc(-c2cc(=Nc3cccc(C(=O)[O-])c3)c3cc(Cl)ccc3o2)cc1OC. The highest BCUT2D eigenvalue weighted by molar-refractivity contribution is 6.31. The molecule has 0 fully saturated rings. The van der Waals surface area contributed by atoms with E-state index in [1.165, 1.54) is 12.1 Å². The third kappa shape index (κ3) is 4.25. The summed E-state index contributed by atoms with van der Waals surface area (Å²) in [5, 5.41) is 13.0. The largest absolute Gasteiger partial charge is 0.545 e. The monoisotopic (exact) mass is 434 g/mol. The molecule has 3 aromatic carbocycles. The fourth-order valence-electron chi connectivity index (χ4n) is 3.21. The van der Waals surface area contributed by atoms with E-state index in [1.807, 2.05) is 6.07 Å². The number of ether oxygens (including phenoxy) is 2. The first kappa shape index (κ1) is 20.5. The molecule has 1 heterocycles. The van der Waals surface area contributed by atoms with Crippen LogP contribution in [0.25, 0.3) is 22.3 Å². The minimum absolute atomic E-state index is 0.0457. The van der Waals surface area contributed by atoms with Gasteiger partial charge in [-0.25, -0.2) is 4.99 Å². The van der Waals surface area contributed by atoms with Gasteiger partial charge in [-0.15, -0.1) is 0 Å². The molecule has 0 aliphatic carbocycles. The van der Waals surface area contributed by atoms with Crippen LogP contribution < -0.4 is 19.9 Å². The van der Waals surface area contributed by atoms with Gasteiger partial charge < -0.3 is 23.8 Å². The Morgan fingerprint density at radius 2 is 1.77 bits per heavy atom. The van der Waals surface area contributed by atoms with Crippen molar-refractivity contribution in [1.29, 1.82) is 0 Å². The second kappa shape index (κ2) is 8.53. The van der Waals surface area contributed by atoms with Crippen molar-refractivity contribution in [2.24, 2.45) is 4.99 Å². The fourth-order valence-corrected chi connectivity index (χ4v) is 3.38. The minimum atomic E-state index is -1.26. The van der Waals surface area contributed by atoms with E-state index in [9.17, 15) is 9.90 Å². The number of nitrogens with zero attached hydrogens (tertiary/aromatic N) is 1. The maximum Gasteiger partial charge on any atom is 0.161 e. The number of aromatic carboxylic acids is 1. The number of hydrogen-bond donors (Lipinski definition) is 0. The lowest BCUT2D eigenvalue weighted by atomic mass is 10.1. The Labute approximate surface area is 183 Å². The van der Waals surface area contributed by atoms with Gasteiger partial charge in [0, 0.05) is 22.0 Å². The molecular formula is C24H17ClNO5-. The van der Waals surface area contributed by atoms with Gasteiger partial charge in [-0.05, 0) is 54.1 Å². The normalized spacial score (nSPS) is 11.5. The smallest absolute Gasteiger partial charge is 0.161 e. The second-order valence-electron chi connectivity index (χ2n) is 6.66. The molecule has 1 aromatic heterocycles. The van der Waals surface area contributed by atoms with Crippen molar-refractivity contribution in [2.45, 2.75) is 0 Å². The number of fused-ring (bicyclic) bond motifs is 1. The first-order chi connectivity index (χ1) is 15.0. The summed E-state index contributed by atoms with van der Waals surface area (Å²) in [6.45, 7) is 0. The van der Waals surface area contributed by atoms with Gasteiger partial charge in [-0.3, -0.25) is 0 Å². The number of carbonyl (C=O) groups excluding carboxylic acids is 1. The Morgan fingerprint density at radius 1 is 0.968 bits per heavy atom.